The Bertz CT molecular complexity index is 2050. The van der Waals surface area contributed by atoms with Crippen LogP contribution in [-0.4, -0.2) is 104 Å². The molecule has 282 valence electrons. The topological polar surface area (TPSA) is 183 Å². The van der Waals surface area contributed by atoms with Crippen molar-refractivity contribution in [1.82, 2.24) is 50.3 Å². The van der Waals surface area contributed by atoms with Crippen molar-refractivity contribution in [3.8, 4) is 21.4 Å². The molecular formula is C36H46N10O5S2. The summed E-state index contributed by atoms with van der Waals surface area (Å²) in [6.45, 7) is 10.3. The molecule has 0 radical (unpaired) electrons. The Hall–Kier alpha value is -4.61. The van der Waals surface area contributed by atoms with Crippen molar-refractivity contribution in [2.75, 3.05) is 33.9 Å². The average molecular weight is 763 g/mol. The summed E-state index contributed by atoms with van der Waals surface area (Å²) < 4.78 is 11.7. The maximum Gasteiger partial charge on any atom is 0.407 e. The maximum atomic E-state index is 13.6. The molecule has 2 aliphatic heterocycles. The molecule has 0 aliphatic carbocycles. The Labute approximate surface area is 315 Å². The van der Waals surface area contributed by atoms with E-state index in [9.17, 15) is 14.4 Å². The van der Waals surface area contributed by atoms with E-state index in [0.717, 1.165) is 79.9 Å². The van der Waals surface area contributed by atoms with Crippen molar-refractivity contribution in [3.05, 3.63) is 36.2 Å². The number of carbonyl (C=O) groups is 3. The van der Waals surface area contributed by atoms with Gasteiger partial charge >= 0.3 is 12.2 Å². The summed E-state index contributed by atoms with van der Waals surface area (Å²) in [6.07, 6.45) is 6.27. The zero-order chi connectivity index (χ0) is 37.4. The number of nitrogens with zero attached hydrogens (tertiary/aromatic N) is 6. The van der Waals surface area contributed by atoms with Crippen LogP contribution in [0.25, 0.3) is 41.8 Å². The van der Waals surface area contributed by atoms with Gasteiger partial charge in [-0.05, 0) is 56.2 Å². The predicted molar refractivity (Wildman–Crippen MR) is 204 cm³/mol. The number of likely N-dealkylation sites (tertiary alicyclic amines) is 2. The standard InChI is InChI=1S/C36H46N10O5S2/c1-18(2)24(43-35(48)50-5)17-45-11-7-9-25(45)30-37-15-22(39-30)32-41-20-13-28-21(14-27(20)52-32)42-33(53-28)23-16-38-31(40-23)26-10-8-12-46(26)34(47)29(19(3)4)44-36(49)51-6/h13-16,18-19,24-26,29H,7-12,17H2,1-6H3,(H,37,39)(H,38,40)(H,43,48)(H,44,49). The molecule has 3 amide bonds. The highest BCUT2D eigenvalue weighted by Gasteiger charge is 2.38. The minimum atomic E-state index is -0.691. The molecule has 2 saturated heterocycles. The van der Waals surface area contributed by atoms with Crippen LogP contribution in [0.3, 0.4) is 0 Å². The number of nitrogens with one attached hydrogen (secondary N) is 4. The van der Waals surface area contributed by atoms with Gasteiger partial charge in [-0.15, -0.1) is 22.7 Å². The Morgan fingerprint density at radius 3 is 1.92 bits per heavy atom. The van der Waals surface area contributed by atoms with E-state index in [-0.39, 0.29) is 35.9 Å². The summed E-state index contributed by atoms with van der Waals surface area (Å²) in [4.78, 5) is 68.0. The Balaban J connectivity index is 1.06. The fraction of sp³-hybridized carbons (Fsp3) is 0.528. The van der Waals surface area contributed by atoms with Crippen LogP contribution in [0.2, 0.25) is 0 Å². The number of imidazole rings is 2. The smallest absolute Gasteiger partial charge is 0.407 e. The number of carbonyl (C=O) groups excluding carboxylic acids is 3. The van der Waals surface area contributed by atoms with Gasteiger partial charge in [0, 0.05) is 19.1 Å². The highest BCUT2D eigenvalue weighted by Crippen LogP contribution is 2.39. The number of rotatable bonds is 11. The number of H-pyrrole nitrogens is 2. The quantitative estimate of drug-likeness (QED) is 0.120. The number of aromatic amines is 2. The molecule has 4 unspecified atom stereocenters. The second kappa shape index (κ2) is 15.4. The van der Waals surface area contributed by atoms with Gasteiger partial charge in [0.15, 0.2) is 0 Å². The lowest BCUT2D eigenvalue weighted by molar-refractivity contribution is -0.135. The van der Waals surface area contributed by atoms with E-state index >= 15 is 0 Å². The molecule has 4 atom stereocenters. The van der Waals surface area contributed by atoms with Crippen molar-refractivity contribution >= 4 is 61.2 Å². The number of methoxy groups -OCH3 is 2. The number of hydrogen-bond donors (Lipinski definition) is 4. The van der Waals surface area contributed by atoms with Crippen LogP contribution < -0.4 is 10.6 Å². The molecule has 53 heavy (non-hydrogen) atoms. The largest absolute Gasteiger partial charge is 0.453 e. The molecule has 15 nitrogen and oxygen atoms in total. The summed E-state index contributed by atoms with van der Waals surface area (Å²) in [5.74, 6) is 1.62. The predicted octanol–water partition coefficient (Wildman–Crippen LogP) is 6.25. The lowest BCUT2D eigenvalue weighted by Crippen LogP contribution is -2.51. The number of alkyl carbamates (subject to hydrolysis) is 2. The third-order valence-corrected chi connectivity index (χ3v) is 12.3. The van der Waals surface area contributed by atoms with Gasteiger partial charge in [0.1, 0.15) is 27.7 Å². The zero-order valence-corrected chi connectivity index (χ0v) is 32.4. The molecule has 6 heterocycles. The SMILES string of the molecule is COC(=O)NC(CN1CCCC1c1ncc(-c2nc3cc4sc(-c5cnc(C6CCCN6C(=O)C(NC(=O)OC)C(C)C)[nH]5)nc4cc3s2)[nH]1)C(C)C. The molecule has 5 aromatic rings. The van der Waals surface area contributed by atoms with Crippen LogP contribution in [0.4, 0.5) is 9.59 Å². The van der Waals surface area contributed by atoms with Gasteiger partial charge in [-0.1, -0.05) is 27.7 Å². The van der Waals surface area contributed by atoms with Gasteiger partial charge in [0.05, 0.1) is 70.5 Å². The molecule has 4 N–H and O–H groups in total. The first-order chi connectivity index (χ1) is 25.5. The molecule has 17 heteroatoms. The number of hydrogen-bond acceptors (Lipinski definition) is 12. The van der Waals surface area contributed by atoms with E-state index in [2.05, 4.69) is 56.5 Å². The van der Waals surface area contributed by atoms with Gasteiger partial charge in [-0.25, -0.2) is 29.5 Å². The molecule has 7 rings (SSSR count). The Kier molecular flexibility index (Phi) is 10.7. The zero-order valence-electron chi connectivity index (χ0n) is 30.8. The van der Waals surface area contributed by atoms with Crippen molar-refractivity contribution in [1.29, 1.82) is 0 Å². The van der Waals surface area contributed by atoms with Gasteiger partial charge in [0.2, 0.25) is 5.91 Å². The van der Waals surface area contributed by atoms with Crippen molar-refractivity contribution < 1.29 is 23.9 Å². The van der Waals surface area contributed by atoms with Crippen LogP contribution in [0, 0.1) is 11.8 Å². The Morgan fingerprint density at radius 1 is 0.811 bits per heavy atom. The normalized spacial score (nSPS) is 19.1. The maximum absolute atomic E-state index is 13.6. The average Bonchev–Trinajstić information content (AvgIpc) is 3.99. The molecule has 0 bridgehead atoms. The third-order valence-electron chi connectivity index (χ3n) is 10.2. The highest BCUT2D eigenvalue weighted by atomic mass is 32.1. The summed E-state index contributed by atoms with van der Waals surface area (Å²) >= 11 is 3.16. The molecule has 2 aliphatic rings. The molecule has 1 aromatic carbocycles. The van der Waals surface area contributed by atoms with Gasteiger partial charge in [0.25, 0.3) is 0 Å². The summed E-state index contributed by atoms with van der Waals surface area (Å²) in [6, 6.07) is 3.35. The molecule has 0 saturated carbocycles. The number of thiazole rings is 2. The van der Waals surface area contributed by atoms with Gasteiger partial charge in [-0.3, -0.25) is 9.69 Å². The third kappa shape index (κ3) is 7.59. The summed E-state index contributed by atoms with van der Waals surface area (Å²) in [7, 11) is 2.68. The molecular weight excluding hydrogens is 717 g/mol. The summed E-state index contributed by atoms with van der Waals surface area (Å²) in [5, 5.41) is 7.36. The first-order valence-corrected chi connectivity index (χ1v) is 19.7. The molecule has 4 aromatic heterocycles. The van der Waals surface area contributed by atoms with Crippen molar-refractivity contribution in [3.63, 3.8) is 0 Å². The first-order valence-electron chi connectivity index (χ1n) is 18.1. The van der Waals surface area contributed by atoms with Gasteiger partial charge in [-0.2, -0.15) is 0 Å². The van der Waals surface area contributed by atoms with Crippen molar-refractivity contribution in [2.45, 2.75) is 77.5 Å². The minimum Gasteiger partial charge on any atom is -0.453 e. The van der Waals surface area contributed by atoms with E-state index < -0.39 is 18.2 Å². The van der Waals surface area contributed by atoms with Crippen LogP contribution in [-0.2, 0) is 14.3 Å². The van der Waals surface area contributed by atoms with E-state index in [1.165, 1.54) is 14.2 Å². The number of fused-ring (bicyclic) bond motifs is 2. The number of amides is 3. The second-order valence-electron chi connectivity index (χ2n) is 14.4. The van der Waals surface area contributed by atoms with E-state index in [1.54, 1.807) is 33.8 Å². The monoisotopic (exact) mass is 762 g/mol. The lowest BCUT2D eigenvalue weighted by Gasteiger charge is -2.30. The van der Waals surface area contributed by atoms with E-state index in [4.69, 9.17) is 24.4 Å². The number of benzene rings is 1. The molecule has 0 spiro atoms. The van der Waals surface area contributed by atoms with Crippen LogP contribution >= 0.6 is 22.7 Å². The van der Waals surface area contributed by atoms with E-state index in [1.807, 2.05) is 20.0 Å². The number of ether oxygens (including phenoxy) is 2. The van der Waals surface area contributed by atoms with Gasteiger partial charge < -0.3 is 35.0 Å². The Morgan fingerprint density at radius 2 is 1.36 bits per heavy atom. The molecule has 2 fully saturated rings. The minimum absolute atomic E-state index is 0.0331. The first kappa shape index (κ1) is 36.7. The fourth-order valence-corrected chi connectivity index (χ4v) is 9.13. The second-order valence-corrected chi connectivity index (χ2v) is 16.4. The van der Waals surface area contributed by atoms with Crippen LogP contribution in [0.1, 0.15) is 77.1 Å². The highest BCUT2D eigenvalue weighted by molar-refractivity contribution is 7.23. The van der Waals surface area contributed by atoms with Crippen molar-refractivity contribution in [2.24, 2.45) is 11.8 Å². The van der Waals surface area contributed by atoms with Crippen LogP contribution in [0.5, 0.6) is 0 Å². The summed E-state index contributed by atoms with van der Waals surface area (Å²) in [5.41, 5.74) is 3.44. The van der Waals surface area contributed by atoms with E-state index in [0.29, 0.717) is 18.9 Å². The fourth-order valence-electron chi connectivity index (χ4n) is 7.24. The lowest BCUT2D eigenvalue weighted by atomic mass is 10.0. The number of aromatic nitrogens is 6. The van der Waals surface area contributed by atoms with Crippen LogP contribution in [0.15, 0.2) is 24.5 Å².